The van der Waals surface area contributed by atoms with Gasteiger partial charge in [-0.15, -0.1) is 6.58 Å². The third kappa shape index (κ3) is 3.74. The van der Waals surface area contributed by atoms with Crippen molar-refractivity contribution in [2.75, 3.05) is 7.11 Å². The van der Waals surface area contributed by atoms with Gasteiger partial charge in [0.25, 0.3) is 5.69 Å². The van der Waals surface area contributed by atoms with Crippen molar-refractivity contribution >= 4 is 17.6 Å². The van der Waals surface area contributed by atoms with E-state index >= 15 is 0 Å². The number of nitro groups is 1. The number of aromatic hydroxyl groups is 1. The SMILES string of the molecule is C=CCc1cccc(C=Nc2ccc(OC)cc2[N+](=O)[O-])c1O. The molecule has 0 aliphatic rings. The molecular formula is C17H16N2O4. The maximum atomic E-state index is 11.1. The highest BCUT2D eigenvalue weighted by molar-refractivity contribution is 5.87. The van der Waals surface area contributed by atoms with Gasteiger partial charge in [0.15, 0.2) is 0 Å². The Bertz CT molecular complexity index is 769. The number of allylic oxidation sites excluding steroid dienone is 1. The Labute approximate surface area is 133 Å². The predicted octanol–water partition coefficient (Wildman–Crippen LogP) is 3.79. The minimum atomic E-state index is -0.525. The molecule has 0 atom stereocenters. The van der Waals surface area contributed by atoms with Gasteiger partial charge in [-0.25, -0.2) is 4.99 Å². The molecule has 118 valence electrons. The fourth-order valence-corrected chi connectivity index (χ4v) is 2.06. The number of methoxy groups -OCH3 is 1. The zero-order valence-electron chi connectivity index (χ0n) is 12.6. The molecule has 0 radical (unpaired) electrons. The first-order valence-electron chi connectivity index (χ1n) is 6.85. The Balaban J connectivity index is 2.39. The van der Waals surface area contributed by atoms with Crippen LogP contribution in [0.2, 0.25) is 0 Å². The number of ether oxygens (including phenoxy) is 1. The molecule has 0 fully saturated rings. The lowest BCUT2D eigenvalue weighted by Gasteiger charge is -2.05. The highest BCUT2D eigenvalue weighted by Gasteiger charge is 2.14. The zero-order chi connectivity index (χ0) is 16.8. The lowest BCUT2D eigenvalue weighted by atomic mass is 10.1. The molecule has 2 aromatic carbocycles. The Kier molecular flexibility index (Phi) is 5.09. The van der Waals surface area contributed by atoms with Gasteiger partial charge in [-0.2, -0.15) is 0 Å². The van der Waals surface area contributed by atoms with Gasteiger partial charge in [-0.05, 0) is 30.2 Å². The fraction of sp³-hybridized carbons (Fsp3) is 0.118. The summed E-state index contributed by atoms with van der Waals surface area (Å²) in [4.78, 5) is 14.7. The van der Waals surface area contributed by atoms with E-state index in [1.165, 1.54) is 25.5 Å². The number of hydrogen-bond acceptors (Lipinski definition) is 5. The van der Waals surface area contributed by atoms with Crippen molar-refractivity contribution in [3.8, 4) is 11.5 Å². The second kappa shape index (κ2) is 7.22. The van der Waals surface area contributed by atoms with Gasteiger partial charge in [0.05, 0.1) is 18.1 Å². The third-order valence-corrected chi connectivity index (χ3v) is 3.24. The van der Waals surface area contributed by atoms with Gasteiger partial charge >= 0.3 is 0 Å². The second-order valence-corrected chi connectivity index (χ2v) is 4.72. The van der Waals surface area contributed by atoms with Gasteiger partial charge in [0.2, 0.25) is 0 Å². The number of hydrogen-bond donors (Lipinski definition) is 1. The summed E-state index contributed by atoms with van der Waals surface area (Å²) in [5.41, 5.74) is 1.22. The van der Waals surface area contributed by atoms with E-state index in [1.54, 1.807) is 30.3 Å². The van der Waals surface area contributed by atoms with Gasteiger partial charge in [-0.1, -0.05) is 18.2 Å². The summed E-state index contributed by atoms with van der Waals surface area (Å²) in [6.07, 6.45) is 3.61. The van der Waals surface area contributed by atoms with Crippen LogP contribution in [0.5, 0.6) is 11.5 Å². The average Bonchev–Trinajstić information content (AvgIpc) is 2.55. The Morgan fingerprint density at radius 2 is 2.17 bits per heavy atom. The number of benzene rings is 2. The van der Waals surface area contributed by atoms with Crippen molar-refractivity contribution in [2.24, 2.45) is 4.99 Å². The van der Waals surface area contributed by atoms with E-state index in [0.717, 1.165) is 0 Å². The average molecular weight is 312 g/mol. The first kappa shape index (κ1) is 16.2. The Morgan fingerprint density at radius 1 is 1.39 bits per heavy atom. The van der Waals surface area contributed by atoms with Gasteiger partial charge in [-0.3, -0.25) is 10.1 Å². The van der Waals surface area contributed by atoms with Crippen LogP contribution in [-0.4, -0.2) is 23.4 Å². The van der Waals surface area contributed by atoms with E-state index in [1.807, 2.05) is 0 Å². The quantitative estimate of drug-likeness (QED) is 0.380. The molecule has 0 aliphatic carbocycles. The molecule has 6 nitrogen and oxygen atoms in total. The van der Waals surface area contributed by atoms with E-state index in [0.29, 0.717) is 23.3 Å². The number of rotatable bonds is 6. The minimum Gasteiger partial charge on any atom is -0.507 e. The fourth-order valence-electron chi connectivity index (χ4n) is 2.06. The monoisotopic (exact) mass is 312 g/mol. The maximum absolute atomic E-state index is 11.1. The number of nitro benzene ring substituents is 1. The van der Waals surface area contributed by atoms with Crippen LogP contribution < -0.4 is 4.74 Å². The summed E-state index contributed by atoms with van der Waals surface area (Å²) in [5.74, 6) is 0.471. The van der Waals surface area contributed by atoms with Crippen molar-refractivity contribution in [3.63, 3.8) is 0 Å². The molecule has 2 aromatic rings. The zero-order valence-corrected chi connectivity index (χ0v) is 12.6. The predicted molar refractivity (Wildman–Crippen MR) is 88.9 cm³/mol. The highest BCUT2D eigenvalue weighted by atomic mass is 16.6. The van der Waals surface area contributed by atoms with Crippen molar-refractivity contribution < 1.29 is 14.8 Å². The van der Waals surface area contributed by atoms with E-state index in [-0.39, 0.29) is 17.1 Å². The molecule has 23 heavy (non-hydrogen) atoms. The number of phenols is 1. The largest absolute Gasteiger partial charge is 0.507 e. The van der Waals surface area contributed by atoms with Crippen LogP contribution in [0.25, 0.3) is 0 Å². The molecule has 0 heterocycles. The molecule has 0 amide bonds. The van der Waals surface area contributed by atoms with E-state index < -0.39 is 4.92 Å². The summed E-state index contributed by atoms with van der Waals surface area (Å²) in [5, 5.41) is 21.3. The summed E-state index contributed by atoms with van der Waals surface area (Å²) in [6.45, 7) is 3.64. The molecule has 2 rings (SSSR count). The van der Waals surface area contributed by atoms with Gasteiger partial charge in [0.1, 0.15) is 17.2 Å². The molecule has 0 aromatic heterocycles. The molecule has 0 bridgehead atoms. The molecular weight excluding hydrogens is 296 g/mol. The van der Waals surface area contributed by atoms with Crippen LogP contribution >= 0.6 is 0 Å². The molecule has 0 unspecified atom stereocenters. The smallest absolute Gasteiger partial charge is 0.298 e. The Hall–Kier alpha value is -3.15. The number of nitrogens with zero attached hydrogens (tertiary/aromatic N) is 2. The molecule has 0 aliphatic heterocycles. The van der Waals surface area contributed by atoms with Crippen molar-refractivity contribution in [2.45, 2.75) is 6.42 Å². The lowest BCUT2D eigenvalue weighted by molar-refractivity contribution is -0.384. The topological polar surface area (TPSA) is 85.0 Å². The van der Waals surface area contributed by atoms with Crippen LogP contribution in [0.1, 0.15) is 11.1 Å². The van der Waals surface area contributed by atoms with Gasteiger partial charge in [0, 0.05) is 11.8 Å². The van der Waals surface area contributed by atoms with E-state index in [4.69, 9.17) is 4.74 Å². The molecule has 0 saturated carbocycles. The summed E-state index contributed by atoms with van der Waals surface area (Å²) in [7, 11) is 1.44. The molecule has 0 spiro atoms. The van der Waals surface area contributed by atoms with Crippen LogP contribution in [0.3, 0.4) is 0 Å². The minimum absolute atomic E-state index is 0.0901. The first-order valence-corrected chi connectivity index (χ1v) is 6.85. The van der Waals surface area contributed by atoms with E-state index in [2.05, 4.69) is 11.6 Å². The first-order chi connectivity index (χ1) is 11.1. The molecule has 0 saturated heterocycles. The summed E-state index contributed by atoms with van der Waals surface area (Å²) < 4.78 is 4.98. The normalized spacial score (nSPS) is 10.7. The molecule has 6 heteroatoms. The van der Waals surface area contributed by atoms with E-state index in [9.17, 15) is 15.2 Å². The highest BCUT2D eigenvalue weighted by Crippen LogP contribution is 2.31. The van der Waals surface area contributed by atoms with Crippen LogP contribution in [0.4, 0.5) is 11.4 Å². The maximum Gasteiger partial charge on any atom is 0.298 e. The second-order valence-electron chi connectivity index (χ2n) is 4.72. The van der Waals surface area contributed by atoms with Crippen molar-refractivity contribution in [1.29, 1.82) is 0 Å². The standard InChI is InChI=1S/C17H16N2O4/c1-3-5-12-6-4-7-13(17(12)20)11-18-15-9-8-14(23-2)10-16(15)19(21)22/h3-4,6-11,20H,1,5H2,2H3. The third-order valence-electron chi connectivity index (χ3n) is 3.24. The van der Waals surface area contributed by atoms with Crippen LogP contribution in [-0.2, 0) is 6.42 Å². The number of para-hydroxylation sites is 1. The van der Waals surface area contributed by atoms with Crippen LogP contribution in [0.15, 0.2) is 54.0 Å². The Morgan fingerprint density at radius 3 is 2.83 bits per heavy atom. The number of aliphatic imine (C=N–C) groups is 1. The lowest BCUT2D eigenvalue weighted by Crippen LogP contribution is -1.92. The summed E-state index contributed by atoms with van der Waals surface area (Å²) in [6, 6.07) is 9.64. The van der Waals surface area contributed by atoms with Crippen LogP contribution in [0, 0.1) is 10.1 Å². The molecule has 1 N–H and O–H groups in total. The van der Waals surface area contributed by atoms with Crippen molar-refractivity contribution in [1.82, 2.24) is 0 Å². The van der Waals surface area contributed by atoms with Gasteiger partial charge < -0.3 is 9.84 Å². The summed E-state index contributed by atoms with van der Waals surface area (Å²) >= 11 is 0. The van der Waals surface area contributed by atoms with Crippen molar-refractivity contribution in [3.05, 3.63) is 70.3 Å². The number of phenolic OH excluding ortho intramolecular Hbond substituents is 1.